The van der Waals surface area contributed by atoms with Crippen LogP contribution in [-0.4, -0.2) is 9.97 Å². The summed E-state index contributed by atoms with van der Waals surface area (Å²) < 4.78 is 0. The molecule has 1 heterocycles. The number of nitrogens with one attached hydrogen (secondary N) is 1. The largest absolute Gasteiger partial charge is 0.337 e. The van der Waals surface area contributed by atoms with E-state index in [1.165, 1.54) is 21.9 Å². The third kappa shape index (κ3) is 1.48. The summed E-state index contributed by atoms with van der Waals surface area (Å²) in [5.74, 6) is 0.821. The number of hydrogen-bond acceptors (Lipinski definition) is 1. The normalized spacial score (nSPS) is 11.9. The maximum atomic E-state index is 6.30. The van der Waals surface area contributed by atoms with Crippen LogP contribution in [0.4, 0.5) is 0 Å². The lowest BCUT2D eigenvalue weighted by molar-refractivity contribution is 1.31. The van der Waals surface area contributed by atoms with Crippen molar-refractivity contribution in [3.8, 4) is 33.9 Å². The van der Waals surface area contributed by atoms with E-state index in [1.54, 1.807) is 0 Å². The van der Waals surface area contributed by atoms with Gasteiger partial charge in [0, 0.05) is 22.1 Å². The van der Waals surface area contributed by atoms with Crippen molar-refractivity contribution < 1.29 is 0 Å². The van der Waals surface area contributed by atoms with Crippen molar-refractivity contribution in [2.45, 2.75) is 0 Å². The molecule has 1 aliphatic rings. The molecule has 1 aliphatic carbocycles. The number of halogens is 1. The lowest BCUT2D eigenvalue weighted by Crippen LogP contribution is -1.84. The second-order valence-electron chi connectivity index (χ2n) is 5.50. The number of hydrogen-bond donors (Lipinski definition) is 1. The van der Waals surface area contributed by atoms with Crippen molar-refractivity contribution in [3.63, 3.8) is 0 Å². The zero-order chi connectivity index (χ0) is 14.7. The van der Waals surface area contributed by atoms with Gasteiger partial charge in [0.2, 0.25) is 0 Å². The molecular formula is C19H11ClN2. The number of rotatable bonds is 1. The van der Waals surface area contributed by atoms with E-state index in [0.29, 0.717) is 5.02 Å². The first kappa shape index (κ1) is 12.0. The van der Waals surface area contributed by atoms with E-state index in [4.69, 9.17) is 16.6 Å². The summed E-state index contributed by atoms with van der Waals surface area (Å²) in [7, 11) is 0. The van der Waals surface area contributed by atoms with Gasteiger partial charge in [-0.15, -0.1) is 0 Å². The van der Waals surface area contributed by atoms with Crippen LogP contribution in [-0.2, 0) is 0 Å². The molecular weight excluding hydrogens is 292 g/mol. The predicted octanol–water partition coefficient (Wildman–Crippen LogP) is 5.53. The van der Waals surface area contributed by atoms with Crippen LogP contribution in [0, 0.1) is 0 Å². The van der Waals surface area contributed by atoms with Crippen LogP contribution < -0.4 is 0 Å². The summed E-state index contributed by atoms with van der Waals surface area (Å²) in [4.78, 5) is 8.28. The average Bonchev–Trinajstić information content (AvgIpc) is 3.09. The molecule has 5 rings (SSSR count). The van der Waals surface area contributed by atoms with E-state index in [0.717, 1.165) is 22.8 Å². The molecule has 2 nitrogen and oxygen atoms in total. The van der Waals surface area contributed by atoms with Gasteiger partial charge >= 0.3 is 0 Å². The Morgan fingerprint density at radius 2 is 1.50 bits per heavy atom. The van der Waals surface area contributed by atoms with E-state index in [1.807, 2.05) is 24.3 Å². The van der Waals surface area contributed by atoms with Gasteiger partial charge in [0.15, 0.2) is 0 Å². The maximum Gasteiger partial charge on any atom is 0.140 e. The quantitative estimate of drug-likeness (QED) is 0.433. The second kappa shape index (κ2) is 4.21. The molecule has 0 atom stereocenters. The number of nitrogens with zero attached hydrogens (tertiary/aromatic N) is 1. The number of H-pyrrole nitrogens is 1. The molecule has 0 bridgehead atoms. The van der Waals surface area contributed by atoms with Crippen LogP contribution in [0.15, 0.2) is 60.7 Å². The average molecular weight is 303 g/mol. The van der Waals surface area contributed by atoms with E-state index in [-0.39, 0.29) is 0 Å². The second-order valence-corrected chi connectivity index (χ2v) is 5.91. The zero-order valence-corrected chi connectivity index (χ0v) is 12.4. The summed E-state index contributed by atoms with van der Waals surface area (Å²) in [6.45, 7) is 0. The molecule has 1 N–H and O–H groups in total. The molecule has 0 spiro atoms. The van der Waals surface area contributed by atoms with Crippen LogP contribution >= 0.6 is 11.6 Å². The maximum absolute atomic E-state index is 6.30. The Labute approximate surface area is 132 Å². The fourth-order valence-corrected chi connectivity index (χ4v) is 3.52. The van der Waals surface area contributed by atoms with Crippen molar-refractivity contribution in [3.05, 3.63) is 65.7 Å². The third-order valence-corrected chi connectivity index (χ3v) is 4.59. The van der Waals surface area contributed by atoms with Crippen LogP contribution in [0.2, 0.25) is 5.02 Å². The van der Waals surface area contributed by atoms with Crippen LogP contribution in [0.25, 0.3) is 44.7 Å². The zero-order valence-electron chi connectivity index (χ0n) is 11.6. The van der Waals surface area contributed by atoms with Crippen LogP contribution in [0.1, 0.15) is 0 Å². The van der Waals surface area contributed by atoms with Crippen molar-refractivity contribution in [2.24, 2.45) is 0 Å². The molecule has 3 aromatic carbocycles. The van der Waals surface area contributed by atoms with Gasteiger partial charge < -0.3 is 4.98 Å². The van der Waals surface area contributed by atoms with Crippen molar-refractivity contribution >= 4 is 22.4 Å². The van der Waals surface area contributed by atoms with Gasteiger partial charge in [-0.25, -0.2) is 4.98 Å². The molecule has 1 aromatic heterocycles. The Morgan fingerprint density at radius 1 is 0.773 bits per heavy atom. The number of aromatic amines is 1. The van der Waals surface area contributed by atoms with Crippen molar-refractivity contribution in [1.82, 2.24) is 9.97 Å². The highest BCUT2D eigenvalue weighted by Crippen LogP contribution is 2.46. The van der Waals surface area contributed by atoms with E-state index in [2.05, 4.69) is 41.4 Å². The Balaban J connectivity index is 1.81. The Morgan fingerprint density at radius 3 is 2.32 bits per heavy atom. The van der Waals surface area contributed by atoms with Gasteiger partial charge in [-0.3, -0.25) is 0 Å². The lowest BCUT2D eigenvalue weighted by Gasteiger charge is -2.03. The standard InChI is InChI=1S/C19H11ClN2/c20-15-10-2-1-7-12(15)19-21-17-13-8-3-5-11-6-4-9-14(16(11)13)18(17)22-19/h1-10H,(H,21,22). The topological polar surface area (TPSA) is 28.7 Å². The molecule has 0 saturated heterocycles. The van der Waals surface area contributed by atoms with Crippen molar-refractivity contribution in [2.75, 3.05) is 0 Å². The van der Waals surface area contributed by atoms with Gasteiger partial charge in [0.1, 0.15) is 5.82 Å². The van der Waals surface area contributed by atoms with Crippen LogP contribution in [0.5, 0.6) is 0 Å². The first-order valence-corrected chi connectivity index (χ1v) is 7.58. The molecule has 0 radical (unpaired) electrons. The molecule has 0 fully saturated rings. The molecule has 4 aromatic rings. The third-order valence-electron chi connectivity index (χ3n) is 4.26. The number of imidazole rings is 1. The van der Waals surface area contributed by atoms with Gasteiger partial charge in [0.05, 0.1) is 16.4 Å². The molecule has 0 saturated carbocycles. The van der Waals surface area contributed by atoms with Crippen molar-refractivity contribution in [1.29, 1.82) is 0 Å². The van der Waals surface area contributed by atoms with E-state index >= 15 is 0 Å². The molecule has 0 unspecified atom stereocenters. The highest BCUT2D eigenvalue weighted by molar-refractivity contribution is 6.33. The predicted molar refractivity (Wildman–Crippen MR) is 91.0 cm³/mol. The highest BCUT2D eigenvalue weighted by Gasteiger charge is 2.25. The summed E-state index contributed by atoms with van der Waals surface area (Å²) in [6.07, 6.45) is 0. The minimum atomic E-state index is 0.710. The van der Waals surface area contributed by atoms with Crippen LogP contribution in [0.3, 0.4) is 0 Å². The molecule has 0 amide bonds. The first-order valence-electron chi connectivity index (χ1n) is 7.20. The van der Waals surface area contributed by atoms with Gasteiger partial charge in [0.25, 0.3) is 0 Å². The lowest BCUT2D eigenvalue weighted by atomic mass is 10.0. The molecule has 3 heteroatoms. The van der Waals surface area contributed by atoms with E-state index < -0.39 is 0 Å². The summed E-state index contributed by atoms with van der Waals surface area (Å²) in [5, 5.41) is 3.24. The monoisotopic (exact) mass is 302 g/mol. The van der Waals surface area contributed by atoms with Gasteiger partial charge in [-0.1, -0.05) is 60.1 Å². The highest BCUT2D eigenvalue weighted by atomic mass is 35.5. The summed E-state index contributed by atoms with van der Waals surface area (Å²) in [6, 6.07) is 20.5. The number of benzene rings is 3. The SMILES string of the molecule is Clc1ccccc1-c1nc2c([nH]1)-c1cccc3cccc-2c13. The number of aromatic nitrogens is 2. The fourth-order valence-electron chi connectivity index (χ4n) is 3.29. The molecule has 104 valence electrons. The number of fused-ring (bicyclic) bond motifs is 3. The minimum absolute atomic E-state index is 0.710. The molecule has 22 heavy (non-hydrogen) atoms. The summed E-state index contributed by atoms with van der Waals surface area (Å²) in [5.41, 5.74) is 5.44. The van der Waals surface area contributed by atoms with Gasteiger partial charge in [-0.05, 0) is 17.5 Å². The summed E-state index contributed by atoms with van der Waals surface area (Å²) >= 11 is 6.30. The fraction of sp³-hybridized carbons (Fsp3) is 0. The Bertz CT molecular complexity index is 990. The Hall–Kier alpha value is -2.58. The van der Waals surface area contributed by atoms with E-state index in [9.17, 15) is 0 Å². The smallest absolute Gasteiger partial charge is 0.140 e. The van der Waals surface area contributed by atoms with Gasteiger partial charge in [-0.2, -0.15) is 0 Å². The molecule has 0 aliphatic heterocycles. The Kier molecular flexibility index (Phi) is 2.30. The minimum Gasteiger partial charge on any atom is -0.337 e. The first-order chi connectivity index (χ1) is 10.8.